The van der Waals surface area contributed by atoms with Crippen molar-refractivity contribution in [3.8, 4) is 0 Å². The summed E-state index contributed by atoms with van der Waals surface area (Å²) in [7, 11) is 1.53. The Balaban J connectivity index is 3.68. The van der Waals surface area contributed by atoms with Gasteiger partial charge in [-0.2, -0.15) is 0 Å². The molecule has 0 bridgehead atoms. The molecule has 0 fully saturated rings. The molecule has 0 saturated heterocycles. The molecule has 0 aromatic heterocycles. The fourth-order valence-electron chi connectivity index (χ4n) is 1.11. The summed E-state index contributed by atoms with van der Waals surface area (Å²) in [6.45, 7) is 4.55. The highest BCUT2D eigenvalue weighted by atomic mass is 16.4. The molecule has 0 rings (SSSR count). The van der Waals surface area contributed by atoms with Crippen LogP contribution in [0.4, 0.5) is 4.79 Å². The highest BCUT2D eigenvalue weighted by Gasteiger charge is 2.11. The minimum atomic E-state index is -0.922. The van der Waals surface area contributed by atoms with E-state index in [-0.39, 0.29) is 6.04 Å². The number of hydrogen-bond donors (Lipinski definition) is 2. The standard InChI is InChI=1S/C8H18N2O2/c1-6(2)4-7(9)5-10(3)8(11)12/h6-7H,4-5,9H2,1-3H3,(H,11,12)/t7-/m0/s1. The van der Waals surface area contributed by atoms with E-state index in [2.05, 4.69) is 13.8 Å². The molecule has 1 atom stereocenters. The van der Waals surface area contributed by atoms with Crippen molar-refractivity contribution in [3.63, 3.8) is 0 Å². The van der Waals surface area contributed by atoms with Crippen LogP contribution in [0.5, 0.6) is 0 Å². The van der Waals surface area contributed by atoms with E-state index in [4.69, 9.17) is 10.8 Å². The summed E-state index contributed by atoms with van der Waals surface area (Å²) in [6.07, 6.45) is -0.0633. The summed E-state index contributed by atoms with van der Waals surface area (Å²) < 4.78 is 0. The summed E-state index contributed by atoms with van der Waals surface area (Å²) in [5, 5.41) is 8.54. The van der Waals surface area contributed by atoms with Crippen LogP contribution in [0.2, 0.25) is 0 Å². The summed E-state index contributed by atoms with van der Waals surface area (Å²) in [5.74, 6) is 0.516. The van der Waals surface area contributed by atoms with Crippen molar-refractivity contribution in [3.05, 3.63) is 0 Å². The van der Waals surface area contributed by atoms with Gasteiger partial charge in [-0.05, 0) is 12.3 Å². The second kappa shape index (κ2) is 4.98. The Morgan fingerprint density at radius 2 is 2.08 bits per heavy atom. The van der Waals surface area contributed by atoms with Gasteiger partial charge >= 0.3 is 6.09 Å². The summed E-state index contributed by atoms with van der Waals surface area (Å²) in [4.78, 5) is 11.6. The van der Waals surface area contributed by atoms with Gasteiger partial charge in [0.25, 0.3) is 0 Å². The molecule has 0 saturated carbocycles. The average molecular weight is 174 g/mol. The van der Waals surface area contributed by atoms with E-state index in [1.54, 1.807) is 0 Å². The predicted molar refractivity (Wildman–Crippen MR) is 48.1 cm³/mol. The normalized spacial score (nSPS) is 13.1. The third-order valence-electron chi connectivity index (χ3n) is 1.61. The maximum Gasteiger partial charge on any atom is 0.407 e. The fourth-order valence-corrected chi connectivity index (χ4v) is 1.11. The number of amides is 1. The van der Waals surface area contributed by atoms with Crippen LogP contribution in [0.15, 0.2) is 0 Å². The lowest BCUT2D eigenvalue weighted by Crippen LogP contribution is -2.38. The molecule has 0 aliphatic carbocycles. The van der Waals surface area contributed by atoms with Crippen LogP contribution in [0.25, 0.3) is 0 Å². The zero-order chi connectivity index (χ0) is 9.72. The first-order chi connectivity index (χ1) is 5.43. The molecule has 0 aromatic carbocycles. The Labute approximate surface area is 73.3 Å². The Bertz CT molecular complexity index is 148. The smallest absolute Gasteiger partial charge is 0.407 e. The molecule has 0 heterocycles. The minimum Gasteiger partial charge on any atom is -0.465 e. The third kappa shape index (κ3) is 4.96. The maximum atomic E-state index is 10.4. The van der Waals surface area contributed by atoms with Crippen LogP contribution in [-0.4, -0.2) is 35.7 Å². The van der Waals surface area contributed by atoms with Gasteiger partial charge in [-0.1, -0.05) is 13.8 Å². The molecular weight excluding hydrogens is 156 g/mol. The number of nitrogens with zero attached hydrogens (tertiary/aromatic N) is 1. The molecule has 0 aromatic rings. The lowest BCUT2D eigenvalue weighted by Gasteiger charge is -2.19. The van der Waals surface area contributed by atoms with Gasteiger partial charge in [0.1, 0.15) is 0 Å². The Kier molecular flexibility index (Phi) is 4.66. The Hall–Kier alpha value is -0.770. The van der Waals surface area contributed by atoms with Gasteiger partial charge in [0, 0.05) is 19.6 Å². The van der Waals surface area contributed by atoms with Crippen molar-refractivity contribution in [2.75, 3.05) is 13.6 Å². The summed E-state index contributed by atoms with van der Waals surface area (Å²) in [6, 6.07) is -0.0499. The van der Waals surface area contributed by atoms with E-state index >= 15 is 0 Å². The fraction of sp³-hybridized carbons (Fsp3) is 0.875. The largest absolute Gasteiger partial charge is 0.465 e. The first-order valence-electron chi connectivity index (χ1n) is 4.13. The maximum absolute atomic E-state index is 10.4. The summed E-state index contributed by atoms with van der Waals surface area (Å²) >= 11 is 0. The molecule has 72 valence electrons. The Morgan fingerprint density at radius 1 is 1.58 bits per heavy atom. The van der Waals surface area contributed by atoms with E-state index in [1.165, 1.54) is 11.9 Å². The molecule has 1 amide bonds. The van der Waals surface area contributed by atoms with Crippen LogP contribution in [-0.2, 0) is 0 Å². The highest BCUT2D eigenvalue weighted by molar-refractivity contribution is 5.64. The van der Waals surface area contributed by atoms with Gasteiger partial charge in [0.2, 0.25) is 0 Å². The average Bonchev–Trinajstić information content (AvgIpc) is 1.84. The summed E-state index contributed by atoms with van der Waals surface area (Å²) in [5.41, 5.74) is 5.71. The molecule has 12 heavy (non-hydrogen) atoms. The lowest BCUT2D eigenvalue weighted by molar-refractivity contribution is 0.152. The number of carboxylic acid groups (broad SMARTS) is 1. The van der Waals surface area contributed by atoms with Gasteiger partial charge in [-0.15, -0.1) is 0 Å². The molecule has 0 radical (unpaired) electrons. The topological polar surface area (TPSA) is 66.6 Å². The van der Waals surface area contributed by atoms with Gasteiger partial charge in [0.05, 0.1) is 0 Å². The van der Waals surface area contributed by atoms with Crippen molar-refractivity contribution in [1.29, 1.82) is 0 Å². The van der Waals surface area contributed by atoms with E-state index < -0.39 is 6.09 Å². The third-order valence-corrected chi connectivity index (χ3v) is 1.61. The van der Waals surface area contributed by atoms with Gasteiger partial charge in [-0.3, -0.25) is 0 Å². The molecule has 0 spiro atoms. The SMILES string of the molecule is CC(C)C[C@H](N)CN(C)C(=O)O. The first kappa shape index (κ1) is 11.2. The molecule has 4 nitrogen and oxygen atoms in total. The van der Waals surface area contributed by atoms with Crippen molar-refractivity contribution < 1.29 is 9.90 Å². The van der Waals surface area contributed by atoms with Gasteiger partial charge in [0.15, 0.2) is 0 Å². The van der Waals surface area contributed by atoms with E-state index in [0.717, 1.165) is 6.42 Å². The monoisotopic (exact) mass is 174 g/mol. The second-order valence-electron chi connectivity index (χ2n) is 3.55. The highest BCUT2D eigenvalue weighted by Crippen LogP contribution is 2.03. The van der Waals surface area contributed by atoms with Crippen LogP contribution in [0.3, 0.4) is 0 Å². The van der Waals surface area contributed by atoms with Crippen molar-refractivity contribution in [1.82, 2.24) is 4.90 Å². The number of carbonyl (C=O) groups is 1. The number of hydrogen-bond acceptors (Lipinski definition) is 2. The molecule has 4 heteroatoms. The van der Waals surface area contributed by atoms with Crippen LogP contribution in [0.1, 0.15) is 20.3 Å². The molecule has 0 aliphatic heterocycles. The molecule has 0 unspecified atom stereocenters. The van der Waals surface area contributed by atoms with E-state index in [9.17, 15) is 4.79 Å². The lowest BCUT2D eigenvalue weighted by atomic mass is 10.0. The predicted octanol–water partition coefficient (Wildman–Crippen LogP) is 0.970. The number of nitrogens with two attached hydrogens (primary N) is 1. The molecular formula is C8H18N2O2. The van der Waals surface area contributed by atoms with E-state index in [0.29, 0.717) is 12.5 Å². The van der Waals surface area contributed by atoms with E-state index in [1.807, 2.05) is 0 Å². The van der Waals surface area contributed by atoms with Crippen LogP contribution < -0.4 is 5.73 Å². The quantitative estimate of drug-likeness (QED) is 0.667. The van der Waals surface area contributed by atoms with Gasteiger partial charge < -0.3 is 15.7 Å². The molecule has 0 aliphatic rings. The van der Waals surface area contributed by atoms with Crippen molar-refractivity contribution in [2.24, 2.45) is 11.7 Å². The van der Waals surface area contributed by atoms with Crippen molar-refractivity contribution >= 4 is 6.09 Å². The number of likely N-dealkylation sites (N-methyl/N-ethyl adjacent to an activating group) is 1. The van der Waals surface area contributed by atoms with Gasteiger partial charge in [-0.25, -0.2) is 4.79 Å². The number of rotatable bonds is 4. The van der Waals surface area contributed by atoms with Crippen molar-refractivity contribution in [2.45, 2.75) is 26.3 Å². The zero-order valence-electron chi connectivity index (χ0n) is 7.95. The minimum absolute atomic E-state index is 0.0499. The molecule has 3 N–H and O–H groups in total. The first-order valence-corrected chi connectivity index (χ1v) is 4.13. The van der Waals surface area contributed by atoms with Crippen LogP contribution in [0, 0.1) is 5.92 Å². The second-order valence-corrected chi connectivity index (χ2v) is 3.55. The van der Waals surface area contributed by atoms with Crippen LogP contribution >= 0.6 is 0 Å². The zero-order valence-corrected chi connectivity index (χ0v) is 7.95. The Morgan fingerprint density at radius 3 is 2.42 bits per heavy atom.